The molecule has 2 aliphatic rings. The van der Waals surface area contributed by atoms with E-state index in [4.69, 9.17) is 18.9 Å². The molecule has 2 fully saturated rings. The Morgan fingerprint density at radius 3 is 1.88 bits per heavy atom. The van der Waals surface area contributed by atoms with Crippen LogP contribution in [0.3, 0.4) is 0 Å². The third-order valence-corrected chi connectivity index (χ3v) is 2.54. The number of phenols is 1. The minimum atomic E-state index is 0.130. The summed E-state index contributed by atoms with van der Waals surface area (Å²) in [7, 11) is 0. The minimum Gasteiger partial charge on any atom is -0.508 e. The second kappa shape index (κ2) is 4.43. The number of rotatable bonds is 6. The summed E-state index contributed by atoms with van der Waals surface area (Å²) in [4.78, 5) is 0. The van der Waals surface area contributed by atoms with E-state index in [0.717, 1.165) is 13.2 Å². The lowest BCUT2D eigenvalue weighted by Crippen LogP contribution is -2.06. The lowest BCUT2D eigenvalue weighted by Gasteiger charge is -2.09. The highest BCUT2D eigenvalue weighted by Gasteiger charge is 2.24. The van der Waals surface area contributed by atoms with Gasteiger partial charge in [-0.1, -0.05) is 0 Å². The van der Waals surface area contributed by atoms with E-state index in [2.05, 4.69) is 0 Å². The van der Waals surface area contributed by atoms with Crippen LogP contribution in [0.4, 0.5) is 0 Å². The van der Waals surface area contributed by atoms with Gasteiger partial charge in [-0.2, -0.15) is 0 Å². The summed E-state index contributed by atoms with van der Waals surface area (Å²) < 4.78 is 21.0. The molecule has 0 radical (unpaired) electrons. The van der Waals surface area contributed by atoms with Crippen LogP contribution in [0.1, 0.15) is 0 Å². The average molecular weight is 238 g/mol. The molecular weight excluding hydrogens is 224 g/mol. The van der Waals surface area contributed by atoms with E-state index in [0.29, 0.717) is 24.7 Å². The van der Waals surface area contributed by atoms with Crippen molar-refractivity contribution in [3.63, 3.8) is 0 Å². The van der Waals surface area contributed by atoms with Gasteiger partial charge in [-0.15, -0.1) is 0 Å². The van der Waals surface area contributed by atoms with Crippen molar-refractivity contribution in [1.29, 1.82) is 0 Å². The van der Waals surface area contributed by atoms with Crippen molar-refractivity contribution in [1.82, 2.24) is 0 Å². The first-order valence-electron chi connectivity index (χ1n) is 5.62. The number of hydrogen-bond acceptors (Lipinski definition) is 5. The Hall–Kier alpha value is -1.46. The van der Waals surface area contributed by atoms with E-state index < -0.39 is 0 Å². The fourth-order valence-corrected chi connectivity index (χ4v) is 1.43. The molecule has 0 amide bonds. The molecule has 3 rings (SSSR count). The number of hydrogen-bond donors (Lipinski definition) is 1. The molecule has 1 aromatic carbocycles. The topological polar surface area (TPSA) is 63.8 Å². The van der Waals surface area contributed by atoms with Gasteiger partial charge in [0.25, 0.3) is 0 Å². The molecule has 0 aromatic heterocycles. The van der Waals surface area contributed by atoms with Gasteiger partial charge in [-0.3, -0.25) is 0 Å². The molecular formula is C12H14O5. The third kappa shape index (κ3) is 3.25. The number of ether oxygens (including phenoxy) is 4. The van der Waals surface area contributed by atoms with E-state index >= 15 is 0 Å². The Bertz CT molecular complexity index is 364. The first kappa shape index (κ1) is 10.7. The predicted octanol–water partition coefficient (Wildman–Crippen LogP) is 0.947. The van der Waals surface area contributed by atoms with Crippen molar-refractivity contribution in [3.05, 3.63) is 18.2 Å². The van der Waals surface area contributed by atoms with Crippen LogP contribution in [0.2, 0.25) is 0 Å². The lowest BCUT2D eigenvalue weighted by molar-refractivity contribution is 0.251. The standard InChI is InChI=1S/C12H14O5/c13-8-1-9(14-4-11-6-16-11)3-10(2-8)15-5-12-7-17-12/h1-3,11-13H,4-7H2. The van der Waals surface area contributed by atoms with Crippen LogP contribution in [0, 0.1) is 0 Å². The lowest BCUT2D eigenvalue weighted by atomic mass is 10.3. The molecule has 17 heavy (non-hydrogen) atoms. The van der Waals surface area contributed by atoms with Gasteiger partial charge in [-0.25, -0.2) is 0 Å². The molecule has 1 N–H and O–H groups in total. The summed E-state index contributed by atoms with van der Waals surface area (Å²) >= 11 is 0. The summed E-state index contributed by atoms with van der Waals surface area (Å²) in [6, 6.07) is 4.87. The van der Waals surface area contributed by atoms with Gasteiger partial charge in [-0.05, 0) is 0 Å². The van der Waals surface area contributed by atoms with Gasteiger partial charge < -0.3 is 24.1 Å². The zero-order valence-corrected chi connectivity index (χ0v) is 9.30. The molecule has 0 aliphatic carbocycles. The summed E-state index contributed by atoms with van der Waals surface area (Å²) in [5.41, 5.74) is 0. The van der Waals surface area contributed by atoms with Gasteiger partial charge in [0.1, 0.15) is 42.7 Å². The number of aromatic hydroxyl groups is 1. The maximum atomic E-state index is 9.53. The summed E-state index contributed by atoms with van der Waals surface area (Å²) in [6.45, 7) is 2.52. The van der Waals surface area contributed by atoms with E-state index in [1.165, 1.54) is 0 Å². The quantitative estimate of drug-likeness (QED) is 0.747. The van der Waals surface area contributed by atoms with Crippen molar-refractivity contribution >= 4 is 0 Å². The highest BCUT2D eigenvalue weighted by molar-refractivity contribution is 5.41. The van der Waals surface area contributed by atoms with E-state index in [9.17, 15) is 5.11 Å². The normalized spacial score (nSPS) is 25.4. The highest BCUT2D eigenvalue weighted by Crippen LogP contribution is 2.28. The van der Waals surface area contributed by atoms with Crippen LogP contribution >= 0.6 is 0 Å². The predicted molar refractivity (Wildman–Crippen MR) is 58.6 cm³/mol. The Morgan fingerprint density at radius 2 is 1.47 bits per heavy atom. The van der Waals surface area contributed by atoms with Gasteiger partial charge in [0.15, 0.2) is 0 Å². The fourth-order valence-electron chi connectivity index (χ4n) is 1.43. The third-order valence-electron chi connectivity index (χ3n) is 2.54. The van der Waals surface area contributed by atoms with Gasteiger partial charge in [0, 0.05) is 18.2 Å². The van der Waals surface area contributed by atoms with Crippen LogP contribution in [-0.2, 0) is 9.47 Å². The summed E-state index contributed by atoms with van der Waals surface area (Å²) in [5.74, 6) is 1.31. The van der Waals surface area contributed by atoms with Crippen LogP contribution in [0.25, 0.3) is 0 Å². The Morgan fingerprint density at radius 1 is 1.00 bits per heavy atom. The van der Waals surface area contributed by atoms with Crippen molar-refractivity contribution in [2.75, 3.05) is 26.4 Å². The molecule has 5 nitrogen and oxygen atoms in total. The summed E-state index contributed by atoms with van der Waals surface area (Å²) in [5, 5.41) is 9.53. The zero-order chi connectivity index (χ0) is 11.7. The molecule has 2 saturated heterocycles. The van der Waals surface area contributed by atoms with Gasteiger partial charge >= 0.3 is 0 Å². The van der Waals surface area contributed by atoms with Gasteiger partial charge in [0.05, 0.1) is 13.2 Å². The average Bonchev–Trinajstić information content (AvgIpc) is 3.15. The smallest absolute Gasteiger partial charge is 0.126 e. The van der Waals surface area contributed by atoms with Crippen molar-refractivity contribution in [2.45, 2.75) is 12.2 Å². The van der Waals surface area contributed by atoms with Crippen LogP contribution < -0.4 is 9.47 Å². The zero-order valence-electron chi connectivity index (χ0n) is 9.30. The maximum absolute atomic E-state index is 9.53. The van der Waals surface area contributed by atoms with Crippen molar-refractivity contribution in [2.24, 2.45) is 0 Å². The van der Waals surface area contributed by atoms with Crippen LogP contribution in [-0.4, -0.2) is 43.7 Å². The molecule has 2 unspecified atom stereocenters. The number of epoxide rings is 2. The first-order valence-corrected chi connectivity index (χ1v) is 5.62. The summed E-state index contributed by atoms with van der Waals surface area (Å²) in [6.07, 6.45) is 0.392. The molecule has 92 valence electrons. The molecule has 2 aliphatic heterocycles. The molecule has 0 bridgehead atoms. The first-order chi connectivity index (χ1) is 8.29. The van der Waals surface area contributed by atoms with E-state index in [-0.39, 0.29) is 18.0 Å². The SMILES string of the molecule is Oc1cc(OCC2CO2)cc(OCC2CO2)c1. The van der Waals surface area contributed by atoms with E-state index in [1.54, 1.807) is 18.2 Å². The molecule has 2 atom stereocenters. The molecule has 0 saturated carbocycles. The Balaban J connectivity index is 1.60. The minimum absolute atomic E-state index is 0.130. The Kier molecular flexibility index (Phi) is 2.78. The second-order valence-corrected chi connectivity index (χ2v) is 4.20. The fraction of sp³-hybridized carbons (Fsp3) is 0.500. The maximum Gasteiger partial charge on any atom is 0.126 e. The Labute approximate surface area is 98.9 Å². The van der Waals surface area contributed by atoms with E-state index in [1.807, 2.05) is 0 Å². The molecule has 2 heterocycles. The largest absolute Gasteiger partial charge is 0.508 e. The van der Waals surface area contributed by atoms with Crippen molar-refractivity contribution in [3.8, 4) is 17.2 Å². The second-order valence-electron chi connectivity index (χ2n) is 4.20. The highest BCUT2D eigenvalue weighted by atomic mass is 16.6. The van der Waals surface area contributed by atoms with Crippen LogP contribution in [0.5, 0.6) is 17.2 Å². The molecule has 0 spiro atoms. The number of benzene rings is 1. The van der Waals surface area contributed by atoms with Gasteiger partial charge in [0.2, 0.25) is 0 Å². The molecule has 5 heteroatoms. The van der Waals surface area contributed by atoms with Crippen molar-refractivity contribution < 1.29 is 24.1 Å². The monoisotopic (exact) mass is 238 g/mol. The number of phenolic OH excluding ortho intramolecular Hbond substituents is 1. The molecule has 1 aromatic rings. The van der Waals surface area contributed by atoms with Crippen LogP contribution in [0.15, 0.2) is 18.2 Å².